The van der Waals surface area contributed by atoms with Crippen LogP contribution in [0.5, 0.6) is 11.5 Å². The van der Waals surface area contributed by atoms with Gasteiger partial charge >= 0.3 is 6.18 Å². The molecule has 1 fully saturated rings. The van der Waals surface area contributed by atoms with Crippen LogP contribution in [0.4, 0.5) is 13.2 Å². The highest BCUT2D eigenvalue weighted by molar-refractivity contribution is 5.96. The van der Waals surface area contributed by atoms with Crippen molar-refractivity contribution in [3.8, 4) is 11.5 Å². The first-order valence-corrected chi connectivity index (χ1v) is 9.38. The highest BCUT2D eigenvalue weighted by Gasteiger charge is 2.32. The molecule has 1 atom stereocenters. The van der Waals surface area contributed by atoms with E-state index in [0.717, 1.165) is 37.9 Å². The molecule has 1 unspecified atom stereocenters. The molecule has 2 aromatic carbocycles. The molecule has 5 nitrogen and oxygen atoms in total. The number of amides is 1. The zero-order valence-electron chi connectivity index (χ0n) is 16.0. The van der Waals surface area contributed by atoms with Crippen LogP contribution < -0.4 is 15.4 Å². The van der Waals surface area contributed by atoms with Gasteiger partial charge in [0, 0.05) is 18.2 Å². The maximum atomic E-state index is 13.2. The van der Waals surface area contributed by atoms with E-state index < -0.39 is 17.6 Å². The van der Waals surface area contributed by atoms with Gasteiger partial charge in [0.1, 0.15) is 0 Å². The largest absolute Gasteiger partial charge is 0.504 e. The number of hydrogen-bond donors (Lipinski definition) is 3. The number of nitrogens with one attached hydrogen (secondary N) is 2. The number of carbonyl (C=O) groups excluding carboxylic acids is 1. The Morgan fingerprint density at radius 2 is 2.03 bits per heavy atom. The lowest BCUT2D eigenvalue weighted by atomic mass is 9.92. The smallest absolute Gasteiger partial charge is 0.416 e. The van der Waals surface area contributed by atoms with Crippen molar-refractivity contribution in [1.82, 2.24) is 10.6 Å². The summed E-state index contributed by atoms with van der Waals surface area (Å²) in [6.45, 7) is 0.821. The van der Waals surface area contributed by atoms with Crippen LogP contribution >= 0.6 is 0 Å². The molecule has 1 heterocycles. The molecule has 8 heteroatoms. The lowest BCUT2D eigenvalue weighted by Crippen LogP contribution is -2.31. The Labute approximate surface area is 166 Å². The summed E-state index contributed by atoms with van der Waals surface area (Å²) in [7, 11) is 1.42. The van der Waals surface area contributed by atoms with E-state index in [1.54, 1.807) is 12.1 Å². The van der Waals surface area contributed by atoms with E-state index in [-0.39, 0.29) is 23.9 Å². The van der Waals surface area contributed by atoms with Crippen LogP contribution in [0.25, 0.3) is 0 Å². The predicted octanol–water partition coefficient (Wildman–Crippen LogP) is 4.16. The van der Waals surface area contributed by atoms with E-state index in [1.807, 2.05) is 0 Å². The Kier molecular flexibility index (Phi) is 6.32. The van der Waals surface area contributed by atoms with Gasteiger partial charge in [0.25, 0.3) is 5.91 Å². The molecular formula is C21H23F3N2O3. The minimum absolute atomic E-state index is 0.0111. The number of rotatable bonds is 5. The Balaban J connectivity index is 1.84. The molecule has 1 saturated heterocycles. The third-order valence-electron chi connectivity index (χ3n) is 5.01. The maximum absolute atomic E-state index is 13.2. The van der Waals surface area contributed by atoms with Crippen LogP contribution in [0.1, 0.15) is 52.4 Å². The third kappa shape index (κ3) is 5.00. The number of ether oxygens (including phenoxy) is 1. The number of methoxy groups -OCH3 is 1. The molecule has 3 N–H and O–H groups in total. The predicted molar refractivity (Wildman–Crippen MR) is 102 cm³/mol. The highest BCUT2D eigenvalue weighted by atomic mass is 19.4. The molecule has 3 rings (SSSR count). The van der Waals surface area contributed by atoms with Crippen LogP contribution in [0, 0.1) is 0 Å². The van der Waals surface area contributed by atoms with Crippen molar-refractivity contribution in [2.24, 2.45) is 0 Å². The fraction of sp³-hybridized carbons (Fsp3) is 0.381. The molecule has 0 aromatic heterocycles. The van der Waals surface area contributed by atoms with Gasteiger partial charge in [-0.2, -0.15) is 13.2 Å². The summed E-state index contributed by atoms with van der Waals surface area (Å²) in [4.78, 5) is 12.8. The summed E-state index contributed by atoms with van der Waals surface area (Å²) in [6.07, 6.45) is -1.82. The SMILES string of the molecule is COc1ccc(CNC(=O)c2cc(C(F)(F)F)ccc2C2CCCCN2)cc1O. The highest BCUT2D eigenvalue weighted by Crippen LogP contribution is 2.33. The average Bonchev–Trinajstić information content (AvgIpc) is 2.71. The Bertz CT molecular complexity index is 878. The van der Waals surface area contributed by atoms with Gasteiger partial charge in [-0.1, -0.05) is 18.6 Å². The summed E-state index contributed by atoms with van der Waals surface area (Å²) in [5, 5.41) is 15.8. The van der Waals surface area contributed by atoms with E-state index >= 15 is 0 Å². The van der Waals surface area contributed by atoms with Crippen molar-refractivity contribution in [2.75, 3.05) is 13.7 Å². The number of aromatic hydroxyl groups is 1. The van der Waals surface area contributed by atoms with Crippen molar-refractivity contribution in [3.05, 3.63) is 58.7 Å². The van der Waals surface area contributed by atoms with E-state index in [2.05, 4.69) is 10.6 Å². The summed E-state index contributed by atoms with van der Waals surface area (Å²) in [5.74, 6) is -0.372. The first-order chi connectivity index (χ1) is 13.8. The number of phenolic OH excluding ortho intramolecular Hbond substituents is 1. The summed E-state index contributed by atoms with van der Waals surface area (Å²) >= 11 is 0. The molecule has 2 aromatic rings. The van der Waals surface area contributed by atoms with E-state index in [9.17, 15) is 23.1 Å². The van der Waals surface area contributed by atoms with Gasteiger partial charge in [0.05, 0.1) is 12.7 Å². The molecule has 1 aliphatic rings. The van der Waals surface area contributed by atoms with Crippen molar-refractivity contribution in [2.45, 2.75) is 38.0 Å². The van der Waals surface area contributed by atoms with Crippen molar-refractivity contribution in [1.29, 1.82) is 0 Å². The zero-order valence-corrected chi connectivity index (χ0v) is 16.0. The first kappa shape index (κ1) is 21.0. The number of hydrogen-bond acceptors (Lipinski definition) is 4. The number of alkyl halides is 3. The summed E-state index contributed by atoms with van der Waals surface area (Å²) in [6, 6.07) is 7.81. The van der Waals surface area contributed by atoms with Crippen LogP contribution in [-0.4, -0.2) is 24.7 Å². The molecule has 29 heavy (non-hydrogen) atoms. The fourth-order valence-electron chi connectivity index (χ4n) is 3.47. The Morgan fingerprint density at radius 1 is 1.24 bits per heavy atom. The monoisotopic (exact) mass is 408 g/mol. The number of carbonyl (C=O) groups is 1. The molecule has 0 bridgehead atoms. The van der Waals surface area contributed by atoms with E-state index in [4.69, 9.17) is 4.74 Å². The molecule has 0 radical (unpaired) electrons. The molecule has 0 saturated carbocycles. The van der Waals surface area contributed by atoms with Gasteiger partial charge in [-0.25, -0.2) is 0 Å². The standard InChI is InChI=1S/C21H23F3N2O3/c1-29-19-8-5-13(10-18(19)27)12-26-20(28)16-11-14(21(22,23)24)6-7-15(16)17-4-2-3-9-25-17/h5-8,10-11,17,25,27H,2-4,9,12H2,1H3,(H,26,28). The second-order valence-corrected chi connectivity index (χ2v) is 6.99. The summed E-state index contributed by atoms with van der Waals surface area (Å²) < 4.78 is 44.5. The maximum Gasteiger partial charge on any atom is 0.416 e. The van der Waals surface area contributed by atoms with Crippen molar-refractivity contribution < 1.29 is 27.8 Å². The van der Waals surface area contributed by atoms with Crippen molar-refractivity contribution in [3.63, 3.8) is 0 Å². The number of phenols is 1. The van der Waals surface area contributed by atoms with Crippen LogP contribution in [-0.2, 0) is 12.7 Å². The van der Waals surface area contributed by atoms with Gasteiger partial charge in [-0.3, -0.25) is 4.79 Å². The van der Waals surface area contributed by atoms with Crippen molar-refractivity contribution >= 4 is 5.91 Å². The average molecular weight is 408 g/mol. The molecule has 1 aliphatic heterocycles. The number of piperidine rings is 1. The van der Waals surface area contributed by atoms with Crippen LogP contribution in [0.2, 0.25) is 0 Å². The van der Waals surface area contributed by atoms with E-state index in [0.29, 0.717) is 16.9 Å². The lowest BCUT2D eigenvalue weighted by molar-refractivity contribution is -0.137. The number of benzene rings is 2. The van der Waals surface area contributed by atoms with Crippen LogP contribution in [0.15, 0.2) is 36.4 Å². The normalized spacial score (nSPS) is 17.0. The summed E-state index contributed by atoms with van der Waals surface area (Å²) in [5.41, 5.74) is 0.315. The third-order valence-corrected chi connectivity index (χ3v) is 5.01. The zero-order chi connectivity index (χ0) is 21.0. The Hall–Kier alpha value is -2.74. The molecular weight excluding hydrogens is 385 g/mol. The first-order valence-electron chi connectivity index (χ1n) is 9.38. The van der Waals surface area contributed by atoms with Crippen LogP contribution in [0.3, 0.4) is 0 Å². The number of halogens is 3. The minimum atomic E-state index is -4.53. The van der Waals surface area contributed by atoms with Gasteiger partial charge in [0.15, 0.2) is 11.5 Å². The molecule has 0 aliphatic carbocycles. The van der Waals surface area contributed by atoms with E-state index in [1.165, 1.54) is 19.2 Å². The fourth-order valence-corrected chi connectivity index (χ4v) is 3.47. The minimum Gasteiger partial charge on any atom is -0.504 e. The molecule has 1 amide bonds. The van der Waals surface area contributed by atoms with Gasteiger partial charge in [-0.15, -0.1) is 0 Å². The lowest BCUT2D eigenvalue weighted by Gasteiger charge is -2.26. The van der Waals surface area contributed by atoms with Gasteiger partial charge in [0.2, 0.25) is 0 Å². The van der Waals surface area contributed by atoms with Gasteiger partial charge in [-0.05, 0) is 54.8 Å². The second-order valence-electron chi connectivity index (χ2n) is 6.99. The Morgan fingerprint density at radius 3 is 2.66 bits per heavy atom. The quantitative estimate of drug-likeness (QED) is 0.695. The molecule has 156 valence electrons. The topological polar surface area (TPSA) is 70.6 Å². The second kappa shape index (κ2) is 8.73. The molecule has 0 spiro atoms. The van der Waals surface area contributed by atoms with Gasteiger partial charge < -0.3 is 20.5 Å².